The van der Waals surface area contributed by atoms with E-state index >= 15 is 0 Å². The molecule has 144 valence electrons. The van der Waals surface area contributed by atoms with Crippen molar-refractivity contribution in [1.82, 2.24) is 10.7 Å². The molecule has 2 amide bonds. The summed E-state index contributed by atoms with van der Waals surface area (Å²) in [5.41, 5.74) is 5.92. The van der Waals surface area contributed by atoms with Crippen molar-refractivity contribution in [3.63, 3.8) is 0 Å². The van der Waals surface area contributed by atoms with E-state index in [-0.39, 0.29) is 11.8 Å². The van der Waals surface area contributed by atoms with Gasteiger partial charge in [0.15, 0.2) is 0 Å². The number of hydrogen-bond acceptors (Lipinski definition) is 4. The van der Waals surface area contributed by atoms with Crippen LogP contribution in [-0.4, -0.2) is 38.2 Å². The number of nitrogens with one attached hydrogen (secondary N) is 2. The van der Waals surface area contributed by atoms with Gasteiger partial charge >= 0.3 is 0 Å². The molecular weight excluding hydrogens is 352 g/mol. The maximum absolute atomic E-state index is 12.3. The van der Waals surface area contributed by atoms with Crippen LogP contribution in [0.25, 0.3) is 6.08 Å². The Balaban J connectivity index is 1.57. The van der Waals surface area contributed by atoms with Crippen molar-refractivity contribution in [2.24, 2.45) is 5.10 Å². The molecule has 1 heterocycles. The van der Waals surface area contributed by atoms with Crippen LogP contribution in [-0.2, 0) is 4.79 Å². The highest BCUT2D eigenvalue weighted by Gasteiger charge is 2.11. The zero-order valence-electron chi connectivity index (χ0n) is 15.9. The van der Waals surface area contributed by atoms with E-state index in [4.69, 9.17) is 0 Å². The lowest BCUT2D eigenvalue weighted by Crippen LogP contribution is -2.18. The molecule has 1 fully saturated rings. The fourth-order valence-electron chi connectivity index (χ4n) is 3.02. The van der Waals surface area contributed by atoms with E-state index < -0.39 is 0 Å². The lowest BCUT2D eigenvalue weighted by molar-refractivity contribution is -0.115. The van der Waals surface area contributed by atoms with Crippen molar-refractivity contribution in [2.75, 3.05) is 25.0 Å². The number of likely N-dealkylation sites (N-methyl/N-ethyl adjacent to an activating group) is 1. The topological polar surface area (TPSA) is 73.8 Å². The minimum atomic E-state index is -0.305. The van der Waals surface area contributed by atoms with Crippen LogP contribution < -0.4 is 15.6 Å². The summed E-state index contributed by atoms with van der Waals surface area (Å²) >= 11 is 0. The molecule has 3 rings (SSSR count). The predicted molar refractivity (Wildman–Crippen MR) is 112 cm³/mol. The quantitative estimate of drug-likeness (QED) is 0.463. The molecule has 2 N–H and O–H groups in total. The highest BCUT2D eigenvalue weighted by atomic mass is 16.2. The third-order valence-electron chi connectivity index (χ3n) is 4.57. The first kappa shape index (κ1) is 19.4. The SMILES string of the molecule is CNC(=O)/C=C/c1cccc(C(=O)N/N=C/c2ccc(N3CCCC3)cc2)c1. The highest BCUT2D eigenvalue weighted by Crippen LogP contribution is 2.19. The Morgan fingerprint density at radius 2 is 1.79 bits per heavy atom. The second-order valence-electron chi connectivity index (χ2n) is 6.56. The molecule has 0 aliphatic carbocycles. The van der Waals surface area contributed by atoms with Crippen molar-refractivity contribution >= 4 is 29.8 Å². The molecule has 0 spiro atoms. The lowest BCUT2D eigenvalue weighted by Gasteiger charge is -2.17. The number of carbonyl (C=O) groups excluding carboxylic acids is 2. The summed E-state index contributed by atoms with van der Waals surface area (Å²) in [6.07, 6.45) is 7.19. The standard InChI is InChI=1S/C22H24N4O2/c1-23-21(27)12-9-17-5-4-6-19(15-17)22(28)25-24-16-18-7-10-20(11-8-18)26-13-2-3-14-26/h4-12,15-16H,2-3,13-14H2,1H3,(H,23,27)(H,25,28)/b12-9+,24-16+. The van der Waals surface area contributed by atoms with Gasteiger partial charge in [-0.1, -0.05) is 24.3 Å². The number of nitrogens with zero attached hydrogens (tertiary/aromatic N) is 2. The summed E-state index contributed by atoms with van der Waals surface area (Å²) in [5, 5.41) is 6.55. The summed E-state index contributed by atoms with van der Waals surface area (Å²) in [6, 6.07) is 15.1. The fourth-order valence-corrected chi connectivity index (χ4v) is 3.02. The van der Waals surface area contributed by atoms with Gasteiger partial charge in [-0.25, -0.2) is 5.43 Å². The van der Waals surface area contributed by atoms with Gasteiger partial charge in [0.2, 0.25) is 5.91 Å². The first-order valence-corrected chi connectivity index (χ1v) is 9.34. The Labute approximate surface area is 164 Å². The number of hydrazone groups is 1. The summed E-state index contributed by atoms with van der Waals surface area (Å²) in [4.78, 5) is 25.9. The molecule has 0 bridgehead atoms. The molecule has 28 heavy (non-hydrogen) atoms. The Morgan fingerprint density at radius 3 is 2.50 bits per heavy atom. The fraction of sp³-hybridized carbons (Fsp3) is 0.227. The number of carbonyl (C=O) groups is 2. The van der Waals surface area contributed by atoms with Gasteiger partial charge in [-0.2, -0.15) is 5.10 Å². The van der Waals surface area contributed by atoms with Gasteiger partial charge < -0.3 is 10.2 Å². The molecule has 6 nitrogen and oxygen atoms in total. The van der Waals surface area contributed by atoms with E-state index in [1.54, 1.807) is 37.5 Å². The predicted octanol–water partition coefficient (Wildman–Crippen LogP) is 2.81. The van der Waals surface area contributed by atoms with Gasteiger partial charge in [0.1, 0.15) is 0 Å². The van der Waals surface area contributed by atoms with Gasteiger partial charge in [0.25, 0.3) is 5.91 Å². The van der Waals surface area contributed by atoms with Crippen LogP contribution in [0.15, 0.2) is 59.7 Å². The number of anilines is 1. The van der Waals surface area contributed by atoms with Crippen LogP contribution in [0.5, 0.6) is 0 Å². The Kier molecular flexibility index (Phi) is 6.57. The van der Waals surface area contributed by atoms with E-state index in [1.165, 1.54) is 24.6 Å². The van der Waals surface area contributed by atoms with Crippen LogP contribution in [0.3, 0.4) is 0 Å². The first-order chi connectivity index (χ1) is 13.7. The Bertz CT molecular complexity index is 882. The van der Waals surface area contributed by atoms with E-state index in [0.29, 0.717) is 5.56 Å². The van der Waals surface area contributed by atoms with Crippen molar-refractivity contribution in [3.8, 4) is 0 Å². The zero-order valence-corrected chi connectivity index (χ0v) is 15.9. The molecule has 1 aliphatic rings. The number of benzene rings is 2. The summed E-state index contributed by atoms with van der Waals surface area (Å²) in [6.45, 7) is 2.22. The van der Waals surface area contributed by atoms with Crippen LogP contribution >= 0.6 is 0 Å². The molecule has 0 aromatic heterocycles. The largest absolute Gasteiger partial charge is 0.372 e. The van der Waals surface area contributed by atoms with Crippen LogP contribution in [0.4, 0.5) is 5.69 Å². The van der Waals surface area contributed by atoms with Crippen molar-refractivity contribution in [3.05, 3.63) is 71.3 Å². The zero-order chi connectivity index (χ0) is 19.8. The molecule has 1 saturated heterocycles. The Morgan fingerprint density at radius 1 is 1.04 bits per heavy atom. The maximum Gasteiger partial charge on any atom is 0.271 e. The smallest absolute Gasteiger partial charge is 0.271 e. The number of rotatable bonds is 6. The van der Waals surface area contributed by atoms with E-state index in [1.807, 2.05) is 18.2 Å². The molecule has 6 heteroatoms. The molecule has 2 aromatic carbocycles. The summed E-state index contributed by atoms with van der Waals surface area (Å²) in [7, 11) is 1.56. The van der Waals surface area contributed by atoms with Gasteiger partial charge in [0, 0.05) is 37.5 Å². The average molecular weight is 376 g/mol. The third-order valence-corrected chi connectivity index (χ3v) is 4.57. The van der Waals surface area contributed by atoms with Crippen LogP contribution in [0.2, 0.25) is 0 Å². The highest BCUT2D eigenvalue weighted by molar-refractivity contribution is 5.96. The number of hydrogen-bond donors (Lipinski definition) is 2. The minimum Gasteiger partial charge on any atom is -0.372 e. The molecule has 1 aliphatic heterocycles. The molecule has 0 radical (unpaired) electrons. The normalized spacial score (nSPS) is 14.0. The second-order valence-corrected chi connectivity index (χ2v) is 6.56. The van der Waals surface area contributed by atoms with E-state index in [2.05, 4.69) is 32.9 Å². The average Bonchev–Trinajstić information content (AvgIpc) is 3.27. The number of amides is 2. The van der Waals surface area contributed by atoms with Gasteiger partial charge in [-0.3, -0.25) is 9.59 Å². The molecule has 0 atom stereocenters. The molecule has 2 aromatic rings. The first-order valence-electron chi connectivity index (χ1n) is 9.34. The van der Waals surface area contributed by atoms with Gasteiger partial charge in [-0.15, -0.1) is 0 Å². The van der Waals surface area contributed by atoms with E-state index in [0.717, 1.165) is 24.2 Å². The summed E-state index contributed by atoms with van der Waals surface area (Å²) < 4.78 is 0. The molecule has 0 saturated carbocycles. The summed E-state index contributed by atoms with van der Waals surface area (Å²) in [5.74, 6) is -0.504. The molecule has 0 unspecified atom stereocenters. The third kappa shape index (κ3) is 5.30. The monoisotopic (exact) mass is 376 g/mol. The van der Waals surface area contributed by atoms with Gasteiger partial charge in [-0.05, 0) is 54.3 Å². The lowest BCUT2D eigenvalue weighted by atomic mass is 10.1. The second kappa shape index (κ2) is 9.50. The molecular formula is C22H24N4O2. The minimum absolute atomic E-state index is 0.199. The van der Waals surface area contributed by atoms with Crippen molar-refractivity contribution < 1.29 is 9.59 Å². The van der Waals surface area contributed by atoms with Gasteiger partial charge in [0.05, 0.1) is 6.21 Å². The van der Waals surface area contributed by atoms with Crippen molar-refractivity contribution in [2.45, 2.75) is 12.8 Å². The Hall–Kier alpha value is -3.41. The van der Waals surface area contributed by atoms with Crippen LogP contribution in [0, 0.1) is 0 Å². The van der Waals surface area contributed by atoms with Crippen LogP contribution in [0.1, 0.15) is 34.3 Å². The maximum atomic E-state index is 12.3. The van der Waals surface area contributed by atoms with E-state index in [9.17, 15) is 9.59 Å². The van der Waals surface area contributed by atoms with Crippen molar-refractivity contribution in [1.29, 1.82) is 0 Å².